The monoisotopic (exact) mass is 437 g/mol. The van der Waals surface area contributed by atoms with Crippen molar-refractivity contribution in [3.05, 3.63) is 49.5 Å². The van der Waals surface area contributed by atoms with E-state index in [1.165, 1.54) is 4.31 Å². The molecular formula is C13H13Br2NO2S2. The van der Waals surface area contributed by atoms with Gasteiger partial charge in [0.1, 0.15) is 0 Å². The third kappa shape index (κ3) is 3.51. The molecule has 0 aliphatic carbocycles. The van der Waals surface area contributed by atoms with E-state index in [1.54, 1.807) is 29.5 Å². The van der Waals surface area contributed by atoms with E-state index in [1.807, 2.05) is 24.4 Å². The Balaban J connectivity index is 2.38. The highest BCUT2D eigenvalue weighted by atomic mass is 79.9. The van der Waals surface area contributed by atoms with E-state index in [0.29, 0.717) is 17.6 Å². The molecule has 0 unspecified atom stereocenters. The summed E-state index contributed by atoms with van der Waals surface area (Å²) in [6.45, 7) is 2.67. The van der Waals surface area contributed by atoms with Crippen molar-refractivity contribution in [2.75, 3.05) is 6.54 Å². The Morgan fingerprint density at radius 1 is 1.25 bits per heavy atom. The summed E-state index contributed by atoms with van der Waals surface area (Å²) in [5.41, 5.74) is 0. The summed E-state index contributed by atoms with van der Waals surface area (Å²) in [5, 5.41) is 1.95. The van der Waals surface area contributed by atoms with Crippen LogP contribution in [0, 0.1) is 0 Å². The molecule has 0 amide bonds. The third-order valence-corrected chi connectivity index (χ3v) is 7.05. The van der Waals surface area contributed by atoms with Crippen LogP contribution in [0.4, 0.5) is 0 Å². The van der Waals surface area contributed by atoms with Crippen LogP contribution in [0.15, 0.2) is 49.6 Å². The minimum atomic E-state index is -3.52. The van der Waals surface area contributed by atoms with E-state index in [9.17, 15) is 8.42 Å². The Morgan fingerprint density at radius 2 is 2.00 bits per heavy atom. The van der Waals surface area contributed by atoms with Gasteiger partial charge < -0.3 is 0 Å². The molecule has 3 nitrogen and oxygen atoms in total. The second-order valence-electron chi connectivity index (χ2n) is 4.09. The lowest BCUT2D eigenvalue weighted by Crippen LogP contribution is -2.30. The summed E-state index contributed by atoms with van der Waals surface area (Å²) < 4.78 is 28.3. The highest BCUT2D eigenvalue weighted by Crippen LogP contribution is 2.29. The van der Waals surface area contributed by atoms with Crippen LogP contribution < -0.4 is 0 Å². The lowest BCUT2D eigenvalue weighted by atomic mass is 10.4. The second kappa shape index (κ2) is 6.70. The highest BCUT2D eigenvalue weighted by molar-refractivity contribution is 9.11. The summed E-state index contributed by atoms with van der Waals surface area (Å²) >= 11 is 8.19. The van der Waals surface area contributed by atoms with Crippen molar-refractivity contribution in [2.24, 2.45) is 0 Å². The van der Waals surface area contributed by atoms with Gasteiger partial charge in [0, 0.05) is 26.9 Å². The van der Waals surface area contributed by atoms with E-state index in [4.69, 9.17) is 0 Å². The van der Waals surface area contributed by atoms with Crippen molar-refractivity contribution >= 4 is 53.2 Å². The van der Waals surface area contributed by atoms with Crippen molar-refractivity contribution < 1.29 is 8.42 Å². The molecule has 0 bridgehead atoms. The first-order chi connectivity index (χ1) is 9.45. The van der Waals surface area contributed by atoms with Gasteiger partial charge in [-0.15, -0.1) is 11.3 Å². The number of halogens is 2. The van der Waals surface area contributed by atoms with Crippen LogP contribution in [0.1, 0.15) is 11.8 Å². The highest BCUT2D eigenvalue weighted by Gasteiger charge is 2.26. The SMILES string of the molecule is CCN(Cc1cccs1)S(=O)(=O)c1cc(Br)ccc1Br. The van der Waals surface area contributed by atoms with E-state index in [-0.39, 0.29) is 4.90 Å². The lowest BCUT2D eigenvalue weighted by Gasteiger charge is -2.20. The van der Waals surface area contributed by atoms with Crippen LogP contribution in [0.3, 0.4) is 0 Å². The topological polar surface area (TPSA) is 37.4 Å². The van der Waals surface area contributed by atoms with Crippen molar-refractivity contribution in [1.29, 1.82) is 0 Å². The van der Waals surface area contributed by atoms with Gasteiger partial charge in [0.05, 0.1) is 4.90 Å². The predicted octanol–water partition coefficient (Wildman–Crippen LogP) is 4.48. The molecule has 0 radical (unpaired) electrons. The number of sulfonamides is 1. The molecule has 0 N–H and O–H groups in total. The number of nitrogens with zero attached hydrogens (tertiary/aromatic N) is 1. The van der Waals surface area contributed by atoms with Crippen molar-refractivity contribution in [2.45, 2.75) is 18.4 Å². The molecule has 0 aliphatic rings. The van der Waals surface area contributed by atoms with Crippen LogP contribution in [0.25, 0.3) is 0 Å². The van der Waals surface area contributed by atoms with Gasteiger partial charge in [0.15, 0.2) is 0 Å². The zero-order valence-corrected chi connectivity index (χ0v) is 15.5. The average molecular weight is 439 g/mol. The number of hydrogen-bond donors (Lipinski definition) is 0. The minimum Gasteiger partial charge on any atom is -0.207 e. The second-order valence-corrected chi connectivity index (χ2v) is 8.79. The quantitative estimate of drug-likeness (QED) is 0.689. The largest absolute Gasteiger partial charge is 0.244 e. The van der Waals surface area contributed by atoms with E-state index in [0.717, 1.165) is 9.35 Å². The molecule has 0 atom stereocenters. The summed E-state index contributed by atoms with van der Waals surface area (Å²) in [6.07, 6.45) is 0. The molecule has 2 rings (SSSR count). The van der Waals surface area contributed by atoms with Gasteiger partial charge in [-0.3, -0.25) is 0 Å². The molecule has 0 saturated carbocycles. The van der Waals surface area contributed by atoms with E-state index in [2.05, 4.69) is 31.9 Å². The first kappa shape index (κ1) is 16.2. The molecule has 0 spiro atoms. The molecule has 2 aromatic rings. The Kier molecular flexibility index (Phi) is 5.42. The van der Waals surface area contributed by atoms with Gasteiger partial charge in [-0.2, -0.15) is 4.31 Å². The van der Waals surface area contributed by atoms with Crippen LogP contribution >= 0.6 is 43.2 Å². The Hall–Kier alpha value is -0.210. The van der Waals surface area contributed by atoms with Gasteiger partial charge in [-0.05, 0) is 45.6 Å². The Labute approximate surface area is 139 Å². The summed E-state index contributed by atoms with van der Waals surface area (Å²) in [4.78, 5) is 1.31. The third-order valence-electron chi connectivity index (χ3n) is 2.78. The maximum atomic E-state index is 12.7. The molecule has 1 heterocycles. The van der Waals surface area contributed by atoms with Crippen molar-refractivity contribution in [3.63, 3.8) is 0 Å². The molecule has 0 fully saturated rings. The lowest BCUT2D eigenvalue weighted by molar-refractivity contribution is 0.426. The van der Waals surface area contributed by atoms with Crippen molar-refractivity contribution in [3.8, 4) is 0 Å². The zero-order valence-electron chi connectivity index (χ0n) is 10.7. The predicted molar refractivity (Wildman–Crippen MR) is 89.4 cm³/mol. The molecule has 20 heavy (non-hydrogen) atoms. The maximum absolute atomic E-state index is 12.7. The van der Waals surface area contributed by atoms with Crippen molar-refractivity contribution in [1.82, 2.24) is 4.31 Å². The maximum Gasteiger partial charge on any atom is 0.244 e. The van der Waals surface area contributed by atoms with Gasteiger partial charge >= 0.3 is 0 Å². The minimum absolute atomic E-state index is 0.283. The summed E-state index contributed by atoms with van der Waals surface area (Å²) in [7, 11) is -3.52. The Morgan fingerprint density at radius 3 is 2.60 bits per heavy atom. The molecule has 0 saturated heterocycles. The average Bonchev–Trinajstić information content (AvgIpc) is 2.91. The molecule has 108 valence electrons. The Bertz CT molecular complexity index is 684. The smallest absolute Gasteiger partial charge is 0.207 e. The van der Waals surface area contributed by atoms with Crippen LogP contribution in [-0.4, -0.2) is 19.3 Å². The number of rotatable bonds is 5. The number of benzene rings is 1. The fourth-order valence-corrected chi connectivity index (χ4v) is 5.45. The first-order valence-electron chi connectivity index (χ1n) is 5.92. The summed E-state index contributed by atoms with van der Waals surface area (Å²) in [5.74, 6) is 0. The molecule has 0 aliphatic heterocycles. The number of thiophene rings is 1. The zero-order chi connectivity index (χ0) is 14.8. The molecule has 1 aromatic heterocycles. The van der Waals surface area contributed by atoms with Gasteiger partial charge in [-0.1, -0.05) is 28.9 Å². The fraction of sp³-hybridized carbons (Fsp3) is 0.231. The van der Waals surface area contributed by atoms with Gasteiger partial charge in [0.25, 0.3) is 0 Å². The molecule has 1 aromatic carbocycles. The van der Waals surface area contributed by atoms with Crippen LogP contribution in [-0.2, 0) is 16.6 Å². The van der Waals surface area contributed by atoms with E-state index < -0.39 is 10.0 Å². The molecule has 7 heteroatoms. The number of hydrogen-bond acceptors (Lipinski definition) is 3. The van der Waals surface area contributed by atoms with E-state index >= 15 is 0 Å². The van der Waals surface area contributed by atoms with Crippen LogP contribution in [0.5, 0.6) is 0 Å². The summed E-state index contributed by atoms with van der Waals surface area (Å²) in [6, 6.07) is 9.03. The standard InChI is InChI=1S/C13H13Br2NO2S2/c1-2-16(9-11-4-3-7-19-11)20(17,18)13-8-10(14)5-6-12(13)15/h3-8H,2,9H2,1H3. The first-order valence-corrected chi connectivity index (χ1v) is 9.83. The molecular weight excluding hydrogens is 426 g/mol. The van der Waals surface area contributed by atoms with Gasteiger partial charge in [0.2, 0.25) is 10.0 Å². The normalized spacial score (nSPS) is 12.0. The fourth-order valence-electron chi connectivity index (χ4n) is 1.76. The van der Waals surface area contributed by atoms with Crippen LogP contribution in [0.2, 0.25) is 0 Å². The van der Waals surface area contributed by atoms with Gasteiger partial charge in [-0.25, -0.2) is 8.42 Å².